The monoisotopic (exact) mass is 389 g/mol. The third-order valence-electron chi connectivity index (χ3n) is 6.83. The summed E-state index contributed by atoms with van der Waals surface area (Å²) in [7, 11) is 0. The Morgan fingerprint density at radius 1 is 1.07 bits per heavy atom. The molecule has 154 valence electrons. The summed E-state index contributed by atoms with van der Waals surface area (Å²) in [6, 6.07) is -0.197. The molecule has 4 fully saturated rings. The predicted octanol–water partition coefficient (Wildman–Crippen LogP) is 1.06. The van der Waals surface area contributed by atoms with Gasteiger partial charge in [-0.25, -0.2) is 13.6 Å². The Morgan fingerprint density at radius 2 is 1.70 bits per heavy atom. The van der Waals surface area contributed by atoms with Crippen LogP contribution in [-0.4, -0.2) is 107 Å². The summed E-state index contributed by atoms with van der Waals surface area (Å²) in [5.41, 5.74) is 0. The number of piperidine rings is 2. The second-order valence-electron chi connectivity index (χ2n) is 8.50. The van der Waals surface area contributed by atoms with Crippen molar-refractivity contribution < 1.29 is 28.5 Å². The minimum Gasteiger partial charge on any atom is -0.465 e. The number of carboxylic acid groups (broad SMARTS) is 1. The second kappa shape index (κ2) is 7.42. The summed E-state index contributed by atoms with van der Waals surface area (Å²) in [6.07, 6.45) is 2.06. The zero-order valence-electron chi connectivity index (χ0n) is 15.5. The van der Waals surface area contributed by atoms with Crippen LogP contribution in [0, 0.1) is 0 Å². The maximum Gasteiger partial charge on any atom is 0.407 e. The highest BCUT2D eigenvalue weighted by molar-refractivity contribution is 5.66. The molecule has 4 aliphatic heterocycles. The van der Waals surface area contributed by atoms with Gasteiger partial charge in [-0.2, -0.15) is 0 Å². The molecule has 2 unspecified atom stereocenters. The maximum atomic E-state index is 13.8. The molecule has 0 radical (unpaired) electrons. The van der Waals surface area contributed by atoms with Gasteiger partial charge in [0.1, 0.15) is 0 Å². The zero-order chi connectivity index (χ0) is 19.2. The number of rotatable bonds is 3. The Balaban J connectivity index is 1.34. The average Bonchev–Trinajstić information content (AvgIpc) is 2.95. The molecule has 0 aromatic heterocycles. The van der Waals surface area contributed by atoms with Crippen LogP contribution in [0.3, 0.4) is 0 Å². The van der Waals surface area contributed by atoms with Crippen molar-refractivity contribution >= 4 is 6.09 Å². The molecule has 0 saturated carbocycles. The highest BCUT2D eigenvalue weighted by atomic mass is 19.3. The molecule has 4 aliphatic rings. The molecule has 9 heteroatoms. The topological polar surface area (TPSA) is 76.5 Å². The summed E-state index contributed by atoms with van der Waals surface area (Å²) in [4.78, 5) is 17.3. The maximum absolute atomic E-state index is 13.8. The van der Waals surface area contributed by atoms with Gasteiger partial charge in [-0.05, 0) is 38.8 Å². The molecule has 1 amide bonds. The normalized spacial score (nSPS) is 38.3. The third kappa shape index (κ3) is 3.79. The van der Waals surface area contributed by atoms with Crippen molar-refractivity contribution in [1.29, 1.82) is 0 Å². The van der Waals surface area contributed by atoms with Gasteiger partial charge in [0.05, 0.1) is 38.4 Å². The van der Waals surface area contributed by atoms with Crippen molar-refractivity contribution in [2.45, 2.75) is 68.2 Å². The third-order valence-corrected chi connectivity index (χ3v) is 6.83. The molecule has 2 bridgehead atoms. The number of morpholine rings is 1. The fraction of sp³-hybridized carbons (Fsp3) is 0.944. The molecule has 0 aromatic rings. The van der Waals surface area contributed by atoms with Gasteiger partial charge in [0.25, 0.3) is 5.92 Å². The van der Waals surface area contributed by atoms with E-state index >= 15 is 0 Å². The molecular formula is C18H29F2N3O4. The van der Waals surface area contributed by atoms with E-state index in [2.05, 4.69) is 4.90 Å². The van der Waals surface area contributed by atoms with Crippen LogP contribution in [0.25, 0.3) is 0 Å². The van der Waals surface area contributed by atoms with E-state index < -0.39 is 18.1 Å². The van der Waals surface area contributed by atoms with Gasteiger partial charge >= 0.3 is 6.09 Å². The minimum atomic E-state index is -2.70. The van der Waals surface area contributed by atoms with Gasteiger partial charge in [-0.1, -0.05) is 0 Å². The highest BCUT2D eigenvalue weighted by Crippen LogP contribution is 2.37. The predicted molar refractivity (Wildman–Crippen MR) is 93.0 cm³/mol. The van der Waals surface area contributed by atoms with Crippen molar-refractivity contribution in [2.75, 3.05) is 39.5 Å². The summed E-state index contributed by atoms with van der Waals surface area (Å²) < 4.78 is 33.1. The van der Waals surface area contributed by atoms with E-state index in [1.807, 2.05) is 4.90 Å². The van der Waals surface area contributed by atoms with E-state index in [9.17, 15) is 23.8 Å². The smallest absolute Gasteiger partial charge is 0.407 e. The summed E-state index contributed by atoms with van der Waals surface area (Å²) in [5, 5.41) is 18.9. The van der Waals surface area contributed by atoms with Crippen LogP contribution < -0.4 is 0 Å². The van der Waals surface area contributed by atoms with Crippen molar-refractivity contribution in [3.05, 3.63) is 0 Å². The number of likely N-dealkylation sites (tertiary alicyclic amines) is 2. The first-order valence-corrected chi connectivity index (χ1v) is 9.95. The van der Waals surface area contributed by atoms with Crippen LogP contribution in [0.1, 0.15) is 32.1 Å². The van der Waals surface area contributed by atoms with Gasteiger partial charge < -0.3 is 19.8 Å². The largest absolute Gasteiger partial charge is 0.465 e. The fourth-order valence-corrected chi connectivity index (χ4v) is 5.60. The molecule has 3 atom stereocenters. The number of aliphatic hydroxyl groups is 1. The Labute approximate surface area is 157 Å². The van der Waals surface area contributed by atoms with Gasteiger partial charge in [0, 0.05) is 24.5 Å². The van der Waals surface area contributed by atoms with Crippen molar-refractivity contribution in [3.8, 4) is 0 Å². The number of halogens is 2. The van der Waals surface area contributed by atoms with E-state index in [4.69, 9.17) is 4.74 Å². The van der Waals surface area contributed by atoms with Crippen LogP contribution in [0.4, 0.5) is 13.6 Å². The van der Waals surface area contributed by atoms with Crippen LogP contribution in [0.15, 0.2) is 0 Å². The molecule has 0 aliphatic carbocycles. The van der Waals surface area contributed by atoms with Gasteiger partial charge in [0.15, 0.2) is 0 Å². The Hall–Kier alpha value is -1.03. The van der Waals surface area contributed by atoms with E-state index in [1.165, 1.54) is 0 Å². The lowest BCUT2D eigenvalue weighted by Gasteiger charge is -2.51. The zero-order valence-corrected chi connectivity index (χ0v) is 15.5. The van der Waals surface area contributed by atoms with Crippen LogP contribution in [-0.2, 0) is 4.74 Å². The quantitative estimate of drug-likeness (QED) is 0.752. The van der Waals surface area contributed by atoms with Crippen LogP contribution >= 0.6 is 0 Å². The van der Waals surface area contributed by atoms with Crippen LogP contribution in [0.2, 0.25) is 0 Å². The van der Waals surface area contributed by atoms with Crippen molar-refractivity contribution in [3.63, 3.8) is 0 Å². The minimum absolute atomic E-state index is 0.0891. The van der Waals surface area contributed by atoms with E-state index in [1.54, 1.807) is 4.90 Å². The molecular weight excluding hydrogens is 360 g/mol. The SMILES string of the molecule is O=C(O)N1C2COCC1CC(N1CCC(N3CC(F)(F)C[C@@H]3CO)CC1)C2. The number of hydrogen-bond donors (Lipinski definition) is 2. The fourth-order valence-electron chi connectivity index (χ4n) is 5.60. The first-order chi connectivity index (χ1) is 12.9. The molecule has 2 N–H and O–H groups in total. The van der Waals surface area contributed by atoms with E-state index in [-0.39, 0.29) is 37.7 Å². The van der Waals surface area contributed by atoms with Crippen molar-refractivity contribution in [1.82, 2.24) is 14.7 Å². The number of carbonyl (C=O) groups is 1. The van der Waals surface area contributed by atoms with E-state index in [0.29, 0.717) is 19.3 Å². The number of aliphatic hydroxyl groups excluding tert-OH is 1. The number of nitrogens with zero attached hydrogens (tertiary/aromatic N) is 3. The number of ether oxygens (including phenoxy) is 1. The van der Waals surface area contributed by atoms with Crippen LogP contribution in [0.5, 0.6) is 0 Å². The summed E-state index contributed by atoms with van der Waals surface area (Å²) >= 11 is 0. The lowest BCUT2D eigenvalue weighted by molar-refractivity contribution is -0.0850. The van der Waals surface area contributed by atoms with Gasteiger partial charge in [-0.15, -0.1) is 0 Å². The standard InChI is InChI=1S/C18H29F2N3O4/c19-18(20)7-16(8-24)22(11-18)12-1-3-21(4-2-12)13-5-14-9-27-10-15(6-13)23(14)17(25)26/h12-16,24H,1-11H2,(H,25,26)/t13?,14?,15?,16-/m1/s1. The first kappa shape index (κ1) is 19.3. The van der Waals surface area contributed by atoms with Gasteiger partial charge in [0.2, 0.25) is 0 Å². The Morgan fingerprint density at radius 3 is 2.26 bits per heavy atom. The first-order valence-electron chi connectivity index (χ1n) is 9.95. The second-order valence-corrected chi connectivity index (χ2v) is 8.50. The molecule has 0 spiro atoms. The number of fused-ring (bicyclic) bond motifs is 2. The summed E-state index contributed by atoms with van der Waals surface area (Å²) in [6.45, 7) is 2.12. The highest BCUT2D eigenvalue weighted by Gasteiger charge is 2.48. The average molecular weight is 389 g/mol. The Bertz CT molecular complexity index is 545. The molecule has 27 heavy (non-hydrogen) atoms. The van der Waals surface area contributed by atoms with Crippen molar-refractivity contribution in [2.24, 2.45) is 0 Å². The van der Waals surface area contributed by atoms with Gasteiger partial charge in [-0.3, -0.25) is 9.80 Å². The molecule has 4 rings (SSSR count). The number of alkyl halides is 2. The molecule has 7 nitrogen and oxygen atoms in total. The molecule has 4 saturated heterocycles. The molecule has 0 aromatic carbocycles. The van der Waals surface area contributed by atoms with E-state index in [0.717, 1.165) is 38.8 Å². The molecule has 4 heterocycles. The lowest BCUT2D eigenvalue weighted by atomic mass is 9.88. The number of hydrogen-bond acceptors (Lipinski definition) is 5. The lowest BCUT2D eigenvalue weighted by Crippen LogP contribution is -2.63. The Kier molecular flexibility index (Phi) is 5.30. The number of amides is 1. The summed E-state index contributed by atoms with van der Waals surface area (Å²) in [5.74, 6) is -2.70.